The van der Waals surface area contributed by atoms with Crippen molar-refractivity contribution in [2.75, 3.05) is 67.1 Å². The lowest BCUT2D eigenvalue weighted by molar-refractivity contribution is -0.157. The van der Waals surface area contributed by atoms with E-state index < -0.39 is 29.5 Å². The van der Waals surface area contributed by atoms with Crippen molar-refractivity contribution in [2.24, 2.45) is 23.2 Å². The first-order valence-corrected chi connectivity index (χ1v) is 25.0. The molecule has 6 fully saturated rings. The number of amides is 2. The molecule has 6 bridgehead atoms. The van der Waals surface area contributed by atoms with Crippen molar-refractivity contribution in [3.05, 3.63) is 59.9 Å². The summed E-state index contributed by atoms with van der Waals surface area (Å²) in [7, 11) is 5.62. The first-order chi connectivity index (χ1) is 32.7. The summed E-state index contributed by atoms with van der Waals surface area (Å²) in [5, 5.41) is 5.86. The first kappa shape index (κ1) is 45.7. The van der Waals surface area contributed by atoms with Crippen molar-refractivity contribution in [3.63, 3.8) is 0 Å². The minimum Gasteiger partial charge on any atom is -0.464 e. The molecule has 4 saturated heterocycles. The molecule has 364 valence electrons. The van der Waals surface area contributed by atoms with Gasteiger partial charge < -0.3 is 28.5 Å². The second-order valence-electron chi connectivity index (χ2n) is 22.2. The second kappa shape index (κ2) is 17.3. The van der Waals surface area contributed by atoms with Crippen LogP contribution in [0.4, 0.5) is 0 Å². The average molecular weight is 932 g/mol. The predicted octanol–water partition coefficient (Wildman–Crippen LogP) is 5.54. The smallest absolute Gasteiger partial charge is 0.324 e. The largest absolute Gasteiger partial charge is 0.464 e. The van der Waals surface area contributed by atoms with Crippen LogP contribution < -0.4 is 10.7 Å². The van der Waals surface area contributed by atoms with E-state index in [-0.39, 0.29) is 60.0 Å². The molecule has 5 aliphatic heterocycles. The summed E-state index contributed by atoms with van der Waals surface area (Å²) in [6, 6.07) is 9.10. The van der Waals surface area contributed by atoms with Gasteiger partial charge in [-0.05, 0) is 94.2 Å². The third-order valence-electron chi connectivity index (χ3n) is 16.9. The molecule has 1 aromatic carbocycles. The Morgan fingerprint density at radius 1 is 1.01 bits per heavy atom. The first-order valence-electron chi connectivity index (χ1n) is 25.0. The third kappa shape index (κ3) is 7.96. The summed E-state index contributed by atoms with van der Waals surface area (Å²) in [5.74, 6) is -0.370. The minimum absolute atomic E-state index is 0.0975. The third-order valence-corrected chi connectivity index (χ3v) is 16.9. The van der Waals surface area contributed by atoms with Crippen molar-refractivity contribution >= 4 is 28.7 Å². The van der Waals surface area contributed by atoms with E-state index >= 15 is 4.79 Å². The molecule has 68 heavy (non-hydrogen) atoms. The average Bonchev–Trinajstić information content (AvgIpc) is 4.09. The molecule has 2 N–H and O–H groups in total. The van der Waals surface area contributed by atoms with Crippen LogP contribution in [-0.2, 0) is 35.0 Å². The number of benzene rings is 1. The number of carbonyl (C=O) groups excluding carboxylic acids is 3. The van der Waals surface area contributed by atoms with Gasteiger partial charge in [0.15, 0.2) is 0 Å². The number of likely N-dealkylation sites (tertiary alicyclic amines) is 3. The SMILES string of the molecule is CO[C@H]1CN(C)C2(C1)CN([C@@H]1c3nc(co3)-c3ccc4c(c3)c(c(-c3cccnc3[C@H](C)OC)n4C3CN(C4CC4)C3)CC(C)(C)COC(=O)[C@@H]3CCCN(N3)C(=O)[C@H]1NC(=O)C1[C@@H](C)[C@H]1C)C2. The number of rotatable bonds is 9. The van der Waals surface area contributed by atoms with E-state index in [1.165, 1.54) is 17.9 Å². The van der Waals surface area contributed by atoms with Gasteiger partial charge in [-0.2, -0.15) is 0 Å². The zero-order chi connectivity index (χ0) is 47.4. The molecule has 1 spiro atoms. The Bertz CT molecular complexity index is 2580. The molecule has 16 nitrogen and oxygen atoms in total. The fourth-order valence-electron chi connectivity index (χ4n) is 12.3. The van der Waals surface area contributed by atoms with Gasteiger partial charge in [0.05, 0.1) is 36.2 Å². The summed E-state index contributed by atoms with van der Waals surface area (Å²) < 4.78 is 27.2. The highest BCUT2D eigenvalue weighted by atomic mass is 16.5. The monoisotopic (exact) mass is 932 g/mol. The Hall–Kier alpha value is -4.71. The van der Waals surface area contributed by atoms with Crippen molar-refractivity contribution in [3.8, 4) is 22.5 Å². The van der Waals surface area contributed by atoms with Crippen LogP contribution in [0.25, 0.3) is 33.4 Å². The summed E-state index contributed by atoms with van der Waals surface area (Å²) in [6.07, 6.45) is 8.43. The lowest BCUT2D eigenvalue weighted by Crippen LogP contribution is -2.71. The zero-order valence-corrected chi connectivity index (χ0v) is 41.0. The van der Waals surface area contributed by atoms with E-state index in [0.717, 1.165) is 65.0 Å². The van der Waals surface area contributed by atoms with Crippen LogP contribution in [0.5, 0.6) is 0 Å². The number of pyridine rings is 1. The van der Waals surface area contributed by atoms with Gasteiger partial charge in [0.25, 0.3) is 5.91 Å². The number of fused-ring (bicyclic) bond motifs is 6. The van der Waals surface area contributed by atoms with Gasteiger partial charge in [0.2, 0.25) is 11.8 Å². The van der Waals surface area contributed by atoms with E-state index in [4.69, 9.17) is 28.6 Å². The van der Waals surface area contributed by atoms with Crippen LogP contribution in [0, 0.1) is 23.2 Å². The number of cyclic esters (lactones) is 1. The van der Waals surface area contributed by atoms with E-state index in [1.807, 2.05) is 19.2 Å². The number of methoxy groups -OCH3 is 2. The van der Waals surface area contributed by atoms with Crippen molar-refractivity contribution in [2.45, 2.75) is 121 Å². The molecular formula is C52H69N9O7. The fraction of sp³-hybridized carbons (Fsp3) is 0.635. The van der Waals surface area contributed by atoms with E-state index in [2.05, 4.69) is 89.0 Å². The highest BCUT2D eigenvalue weighted by Crippen LogP contribution is 2.49. The van der Waals surface area contributed by atoms with Crippen LogP contribution in [0.1, 0.15) is 102 Å². The maximum absolute atomic E-state index is 15.2. The van der Waals surface area contributed by atoms with Gasteiger partial charge in [-0.1, -0.05) is 33.8 Å². The standard InChI is InChI=1S/C52H69N9O7/c1-29-30(2)42(29)47(62)55-44-46(59-26-52(27-59)20-35(66-8)24-57(52)6)48-54-40(25-67-48)32-13-16-41-37(19-32)38(21-51(4,5)28-68-50(64)39-12-10-18-60(56-39)49(44)63)45(36-11-9-17-53-43(36)31(3)65-7)61(41)34-22-58(23-34)33-14-15-33/h9,11,13,16-17,19,25,29-31,33-35,39,42,44,46,56H,10,12,14-15,18,20-24,26-28H2,1-8H3,(H,55,62)/t29-,30+,31-,35+,39-,42?,44-,46-/m0/s1. The highest BCUT2D eigenvalue weighted by Gasteiger charge is 2.58. The molecule has 7 aliphatic rings. The van der Waals surface area contributed by atoms with Crippen molar-refractivity contribution in [1.82, 2.24) is 45.0 Å². The molecule has 11 rings (SSSR count). The van der Waals surface area contributed by atoms with E-state index in [0.29, 0.717) is 56.5 Å². The number of oxazole rings is 1. The lowest BCUT2D eigenvalue weighted by atomic mass is 9.83. The van der Waals surface area contributed by atoms with E-state index in [1.54, 1.807) is 20.5 Å². The summed E-state index contributed by atoms with van der Waals surface area (Å²) in [6.45, 7) is 15.0. The van der Waals surface area contributed by atoms with Crippen LogP contribution in [-0.4, -0.2) is 149 Å². The van der Waals surface area contributed by atoms with Crippen molar-refractivity contribution < 1.29 is 33.0 Å². The zero-order valence-electron chi connectivity index (χ0n) is 41.0. The molecule has 3 aromatic heterocycles. The van der Waals surface area contributed by atoms with Gasteiger partial charge in [-0.15, -0.1) is 0 Å². The Balaban J connectivity index is 1.07. The number of hydrogen-bond donors (Lipinski definition) is 2. The van der Waals surface area contributed by atoms with Crippen LogP contribution in [0.3, 0.4) is 0 Å². The molecule has 0 radical (unpaired) electrons. The van der Waals surface area contributed by atoms with Crippen LogP contribution in [0.15, 0.2) is 47.2 Å². The Morgan fingerprint density at radius 3 is 2.50 bits per heavy atom. The number of ether oxygens (including phenoxy) is 3. The molecule has 1 unspecified atom stereocenters. The Morgan fingerprint density at radius 2 is 1.79 bits per heavy atom. The van der Waals surface area contributed by atoms with E-state index in [9.17, 15) is 9.59 Å². The predicted molar refractivity (Wildman–Crippen MR) is 255 cm³/mol. The fourth-order valence-corrected chi connectivity index (χ4v) is 12.3. The topological polar surface area (TPSA) is 160 Å². The molecular weight excluding hydrogens is 863 g/mol. The number of hydrazine groups is 1. The van der Waals surface area contributed by atoms with Crippen LogP contribution in [0.2, 0.25) is 0 Å². The molecule has 8 heterocycles. The van der Waals surface area contributed by atoms with Gasteiger partial charge in [0, 0.05) is 105 Å². The van der Waals surface area contributed by atoms with Crippen LogP contribution >= 0.6 is 0 Å². The molecule has 16 heteroatoms. The molecule has 2 amide bonds. The minimum atomic E-state index is -1.07. The number of nitrogens with zero attached hydrogens (tertiary/aromatic N) is 7. The van der Waals surface area contributed by atoms with Gasteiger partial charge in [0.1, 0.15) is 30.1 Å². The number of nitrogens with one attached hydrogen (secondary N) is 2. The van der Waals surface area contributed by atoms with Gasteiger partial charge >= 0.3 is 5.97 Å². The normalized spacial score (nSPS) is 30.5. The molecule has 8 atom stereocenters. The lowest BCUT2D eigenvalue weighted by Gasteiger charge is -2.55. The summed E-state index contributed by atoms with van der Waals surface area (Å²) in [4.78, 5) is 61.1. The number of hydrogen-bond acceptors (Lipinski definition) is 13. The molecule has 2 saturated carbocycles. The quantitative estimate of drug-likeness (QED) is 0.202. The summed E-state index contributed by atoms with van der Waals surface area (Å²) >= 11 is 0. The summed E-state index contributed by atoms with van der Waals surface area (Å²) in [5.41, 5.74) is 9.39. The van der Waals surface area contributed by atoms with Gasteiger partial charge in [-0.3, -0.25) is 39.1 Å². The van der Waals surface area contributed by atoms with Gasteiger partial charge in [-0.25, -0.2) is 10.4 Å². The highest BCUT2D eigenvalue weighted by molar-refractivity contribution is 5.95. The number of carbonyl (C=O) groups is 3. The maximum Gasteiger partial charge on any atom is 0.324 e. The number of aromatic nitrogens is 3. The Labute approximate surface area is 399 Å². The van der Waals surface area contributed by atoms with Crippen molar-refractivity contribution in [1.29, 1.82) is 0 Å². The Kier molecular flexibility index (Phi) is 11.6. The molecule has 2 aliphatic carbocycles. The molecule has 4 aromatic rings. The number of esters is 1. The second-order valence-corrected chi connectivity index (χ2v) is 22.2. The maximum atomic E-state index is 15.2. The number of likely N-dealkylation sites (N-methyl/N-ethyl adjacent to an activating group) is 1.